The molecule has 0 saturated heterocycles. The van der Waals surface area contributed by atoms with Crippen LogP contribution in [0.25, 0.3) is 0 Å². The SMILES string of the molecule is O=c1[nH]c2c(c(=O)[nH]1)C(c1ccc([N+](=O)[O-])cc1)Nc1ccccc1S2. The minimum Gasteiger partial charge on any atom is -0.373 e. The number of nitrogens with one attached hydrogen (secondary N) is 3. The molecular formula is C17H12N4O4S. The Bertz CT molecular complexity index is 1120. The van der Waals surface area contributed by atoms with E-state index < -0.39 is 22.2 Å². The molecule has 1 aliphatic heterocycles. The Labute approximate surface area is 150 Å². The van der Waals surface area contributed by atoms with Gasteiger partial charge >= 0.3 is 5.69 Å². The van der Waals surface area contributed by atoms with Crippen LogP contribution >= 0.6 is 11.8 Å². The number of nitrogens with zero attached hydrogens (tertiary/aromatic N) is 1. The number of fused-ring (bicyclic) bond motifs is 2. The zero-order valence-electron chi connectivity index (χ0n) is 13.2. The number of benzene rings is 2. The van der Waals surface area contributed by atoms with Crippen molar-refractivity contribution in [3.63, 3.8) is 0 Å². The quantitative estimate of drug-likeness (QED) is 0.363. The van der Waals surface area contributed by atoms with Crippen LogP contribution in [0.5, 0.6) is 0 Å². The molecule has 9 heteroatoms. The summed E-state index contributed by atoms with van der Waals surface area (Å²) < 4.78 is 0. The first-order valence-electron chi connectivity index (χ1n) is 7.67. The molecule has 0 saturated carbocycles. The Balaban J connectivity index is 1.92. The second-order valence-corrected chi connectivity index (χ2v) is 6.73. The molecular weight excluding hydrogens is 356 g/mol. The number of H-pyrrole nitrogens is 2. The molecule has 0 radical (unpaired) electrons. The highest BCUT2D eigenvalue weighted by Crippen LogP contribution is 2.41. The lowest BCUT2D eigenvalue weighted by atomic mass is 10.00. The van der Waals surface area contributed by atoms with E-state index in [1.807, 2.05) is 24.3 Å². The minimum atomic E-state index is -0.580. The highest BCUT2D eigenvalue weighted by atomic mass is 32.2. The lowest BCUT2D eigenvalue weighted by Crippen LogP contribution is -2.30. The van der Waals surface area contributed by atoms with Crippen LogP contribution in [-0.2, 0) is 0 Å². The molecule has 8 nitrogen and oxygen atoms in total. The van der Waals surface area contributed by atoms with Gasteiger partial charge in [-0.05, 0) is 29.8 Å². The smallest absolute Gasteiger partial charge is 0.326 e. The summed E-state index contributed by atoms with van der Waals surface area (Å²) >= 11 is 1.29. The molecule has 130 valence electrons. The average Bonchev–Trinajstić information content (AvgIpc) is 2.78. The van der Waals surface area contributed by atoms with E-state index in [4.69, 9.17) is 0 Å². The molecule has 0 amide bonds. The molecule has 0 bridgehead atoms. The number of nitro benzene ring substituents is 1. The van der Waals surface area contributed by atoms with Gasteiger partial charge in [0.2, 0.25) is 0 Å². The van der Waals surface area contributed by atoms with Gasteiger partial charge in [0, 0.05) is 22.7 Å². The maximum atomic E-state index is 12.5. The van der Waals surface area contributed by atoms with E-state index in [0.717, 1.165) is 10.6 Å². The number of anilines is 1. The summed E-state index contributed by atoms with van der Waals surface area (Å²) in [5, 5.41) is 14.6. The highest BCUT2D eigenvalue weighted by molar-refractivity contribution is 7.99. The number of hydrogen-bond acceptors (Lipinski definition) is 6. The Morgan fingerprint density at radius 2 is 1.73 bits per heavy atom. The summed E-state index contributed by atoms with van der Waals surface area (Å²) in [4.78, 5) is 40.4. The van der Waals surface area contributed by atoms with Gasteiger partial charge in [-0.3, -0.25) is 19.9 Å². The number of para-hydroxylation sites is 1. The Morgan fingerprint density at radius 3 is 2.46 bits per heavy atom. The van der Waals surface area contributed by atoms with Crippen molar-refractivity contribution < 1.29 is 4.92 Å². The van der Waals surface area contributed by atoms with E-state index in [2.05, 4.69) is 15.3 Å². The van der Waals surface area contributed by atoms with Crippen molar-refractivity contribution in [1.29, 1.82) is 0 Å². The second kappa shape index (κ2) is 6.19. The topological polar surface area (TPSA) is 121 Å². The predicted molar refractivity (Wildman–Crippen MR) is 96.8 cm³/mol. The van der Waals surface area contributed by atoms with Crippen LogP contribution in [0.3, 0.4) is 0 Å². The van der Waals surface area contributed by atoms with Gasteiger partial charge in [-0.1, -0.05) is 23.9 Å². The van der Waals surface area contributed by atoms with Crippen LogP contribution in [0.1, 0.15) is 17.2 Å². The minimum absolute atomic E-state index is 0.0345. The summed E-state index contributed by atoms with van der Waals surface area (Å²) in [7, 11) is 0. The van der Waals surface area contributed by atoms with Crippen LogP contribution in [0, 0.1) is 10.1 Å². The fraction of sp³-hybridized carbons (Fsp3) is 0.0588. The molecule has 0 spiro atoms. The maximum Gasteiger partial charge on any atom is 0.326 e. The van der Waals surface area contributed by atoms with Crippen LogP contribution in [-0.4, -0.2) is 14.9 Å². The molecule has 1 unspecified atom stereocenters. The van der Waals surface area contributed by atoms with Crippen LogP contribution in [0.2, 0.25) is 0 Å². The number of aromatic amines is 2. The predicted octanol–water partition coefficient (Wildman–Crippen LogP) is 2.64. The number of aromatic nitrogens is 2. The largest absolute Gasteiger partial charge is 0.373 e. The number of non-ortho nitro benzene ring substituents is 1. The summed E-state index contributed by atoms with van der Waals surface area (Å²) in [5.41, 5.74) is 0.722. The van der Waals surface area contributed by atoms with Gasteiger partial charge in [-0.2, -0.15) is 0 Å². The molecule has 1 aromatic heterocycles. The Morgan fingerprint density at radius 1 is 1.00 bits per heavy atom. The van der Waals surface area contributed by atoms with Gasteiger partial charge in [0.05, 0.1) is 21.6 Å². The normalized spacial score (nSPS) is 15.3. The van der Waals surface area contributed by atoms with Gasteiger partial charge < -0.3 is 10.3 Å². The Hall–Kier alpha value is -3.33. The zero-order valence-corrected chi connectivity index (χ0v) is 14.0. The Kier molecular flexibility index (Phi) is 3.85. The van der Waals surface area contributed by atoms with E-state index in [-0.39, 0.29) is 5.69 Å². The monoisotopic (exact) mass is 368 g/mol. The van der Waals surface area contributed by atoms with Crippen LogP contribution in [0.4, 0.5) is 11.4 Å². The zero-order chi connectivity index (χ0) is 18.3. The molecule has 0 aliphatic carbocycles. The molecule has 26 heavy (non-hydrogen) atoms. The molecule has 2 heterocycles. The van der Waals surface area contributed by atoms with Crippen molar-refractivity contribution in [1.82, 2.24) is 9.97 Å². The van der Waals surface area contributed by atoms with Gasteiger partial charge in [-0.15, -0.1) is 0 Å². The van der Waals surface area contributed by atoms with Gasteiger partial charge in [0.15, 0.2) is 0 Å². The lowest BCUT2D eigenvalue weighted by molar-refractivity contribution is -0.384. The summed E-state index contributed by atoms with van der Waals surface area (Å²) in [6.07, 6.45) is 0. The van der Waals surface area contributed by atoms with E-state index in [0.29, 0.717) is 16.2 Å². The molecule has 3 aromatic rings. The summed E-state index contributed by atoms with van der Waals surface area (Å²) in [6, 6.07) is 12.9. The molecule has 2 aromatic carbocycles. The van der Waals surface area contributed by atoms with Gasteiger partial charge in [0.25, 0.3) is 11.2 Å². The fourth-order valence-corrected chi connectivity index (χ4v) is 3.94. The number of nitro groups is 1. The maximum absolute atomic E-state index is 12.5. The third-order valence-electron chi connectivity index (χ3n) is 4.07. The van der Waals surface area contributed by atoms with Gasteiger partial charge in [-0.25, -0.2) is 4.79 Å². The second-order valence-electron chi connectivity index (χ2n) is 5.68. The highest BCUT2D eigenvalue weighted by Gasteiger charge is 2.27. The number of hydrogen-bond donors (Lipinski definition) is 3. The van der Waals surface area contributed by atoms with Crippen LogP contribution < -0.4 is 16.6 Å². The molecule has 1 atom stereocenters. The average molecular weight is 368 g/mol. The van der Waals surface area contributed by atoms with Crippen molar-refractivity contribution in [2.75, 3.05) is 5.32 Å². The number of rotatable bonds is 2. The summed E-state index contributed by atoms with van der Waals surface area (Å²) in [5.74, 6) is 0. The van der Waals surface area contributed by atoms with E-state index in [1.54, 1.807) is 12.1 Å². The molecule has 1 aliphatic rings. The standard InChI is InChI=1S/C17H12N4O4S/c22-15-13-14(9-5-7-10(8-6-9)21(24)25)18-11-3-1-2-4-12(11)26-16(13)20-17(23)19-15/h1-8,14,18H,(H2,19,20,22,23). The molecule has 3 N–H and O–H groups in total. The van der Waals surface area contributed by atoms with Gasteiger partial charge in [0.1, 0.15) is 0 Å². The molecule has 0 fully saturated rings. The first kappa shape index (κ1) is 16.2. The van der Waals surface area contributed by atoms with E-state index in [1.165, 1.54) is 23.9 Å². The first-order valence-corrected chi connectivity index (χ1v) is 8.49. The summed E-state index contributed by atoms with van der Waals surface area (Å²) in [6.45, 7) is 0. The van der Waals surface area contributed by atoms with Crippen molar-refractivity contribution in [3.05, 3.63) is 90.6 Å². The van der Waals surface area contributed by atoms with Crippen molar-refractivity contribution in [2.24, 2.45) is 0 Å². The first-order chi connectivity index (χ1) is 12.5. The van der Waals surface area contributed by atoms with Crippen molar-refractivity contribution in [3.8, 4) is 0 Å². The fourth-order valence-electron chi connectivity index (χ4n) is 2.87. The third kappa shape index (κ3) is 2.78. The molecule has 4 rings (SSSR count). The van der Waals surface area contributed by atoms with E-state index >= 15 is 0 Å². The lowest BCUT2D eigenvalue weighted by Gasteiger charge is -2.19. The van der Waals surface area contributed by atoms with Crippen molar-refractivity contribution >= 4 is 23.1 Å². The third-order valence-corrected chi connectivity index (χ3v) is 5.17. The van der Waals surface area contributed by atoms with Crippen LogP contribution in [0.15, 0.2) is 68.0 Å². The van der Waals surface area contributed by atoms with Crippen molar-refractivity contribution in [2.45, 2.75) is 16.0 Å². The van der Waals surface area contributed by atoms with E-state index in [9.17, 15) is 19.7 Å².